The van der Waals surface area contributed by atoms with Gasteiger partial charge in [0.25, 0.3) is 0 Å². The SMILES string of the molecule is CC(C)(C)[S+]([O-])N[C@@H](c1ccc(F)c(F)c1)c1ccc(CO)cn1. The molecule has 130 valence electrons. The molecule has 0 radical (unpaired) electrons. The van der Waals surface area contributed by atoms with Crippen molar-refractivity contribution in [3.8, 4) is 0 Å². The van der Waals surface area contributed by atoms with Crippen molar-refractivity contribution in [1.82, 2.24) is 9.71 Å². The molecule has 24 heavy (non-hydrogen) atoms. The van der Waals surface area contributed by atoms with Crippen LogP contribution in [-0.4, -0.2) is 19.4 Å². The van der Waals surface area contributed by atoms with Crippen LogP contribution in [0.15, 0.2) is 36.5 Å². The highest BCUT2D eigenvalue weighted by Crippen LogP contribution is 2.26. The molecule has 2 rings (SSSR count). The maximum absolute atomic E-state index is 13.6. The molecular formula is C17H20F2N2O2S. The number of aliphatic hydroxyl groups is 1. The molecule has 4 nitrogen and oxygen atoms in total. The van der Waals surface area contributed by atoms with Crippen molar-refractivity contribution in [2.75, 3.05) is 0 Å². The van der Waals surface area contributed by atoms with E-state index in [0.717, 1.165) is 12.1 Å². The minimum Gasteiger partial charge on any atom is -0.598 e. The van der Waals surface area contributed by atoms with Gasteiger partial charge in [-0.05, 0) is 50.1 Å². The summed E-state index contributed by atoms with van der Waals surface area (Å²) >= 11 is -1.44. The summed E-state index contributed by atoms with van der Waals surface area (Å²) < 4.78 is 41.7. The van der Waals surface area contributed by atoms with Crippen LogP contribution < -0.4 is 4.72 Å². The molecule has 0 aliphatic heterocycles. The summed E-state index contributed by atoms with van der Waals surface area (Å²) in [6.07, 6.45) is 1.49. The van der Waals surface area contributed by atoms with Crippen molar-refractivity contribution in [3.05, 3.63) is 65.0 Å². The number of rotatable bonds is 5. The van der Waals surface area contributed by atoms with E-state index < -0.39 is 33.8 Å². The normalized spacial score (nSPS) is 14.5. The lowest BCUT2D eigenvalue weighted by atomic mass is 10.0. The summed E-state index contributed by atoms with van der Waals surface area (Å²) in [6, 6.07) is 6.18. The fourth-order valence-corrected chi connectivity index (χ4v) is 2.80. The van der Waals surface area contributed by atoms with Crippen molar-refractivity contribution < 1.29 is 18.4 Å². The number of benzene rings is 1. The lowest BCUT2D eigenvalue weighted by Crippen LogP contribution is -2.41. The summed E-state index contributed by atoms with van der Waals surface area (Å²) in [4.78, 5) is 4.24. The molecule has 0 saturated heterocycles. The first-order valence-electron chi connectivity index (χ1n) is 7.41. The Labute approximate surface area is 143 Å². The van der Waals surface area contributed by atoms with Gasteiger partial charge in [-0.3, -0.25) is 4.98 Å². The van der Waals surface area contributed by atoms with Crippen molar-refractivity contribution >= 4 is 11.4 Å². The molecule has 2 N–H and O–H groups in total. The number of nitrogens with one attached hydrogen (secondary N) is 1. The van der Waals surface area contributed by atoms with Gasteiger partial charge in [0.2, 0.25) is 0 Å². The highest BCUT2D eigenvalue weighted by Gasteiger charge is 2.31. The Morgan fingerprint density at radius 1 is 1.21 bits per heavy atom. The Bertz CT molecular complexity index is 690. The molecule has 0 spiro atoms. The lowest BCUT2D eigenvalue weighted by molar-refractivity contribution is 0.281. The highest BCUT2D eigenvalue weighted by molar-refractivity contribution is 7.90. The van der Waals surface area contributed by atoms with Crippen molar-refractivity contribution in [1.29, 1.82) is 0 Å². The Morgan fingerprint density at radius 2 is 1.92 bits per heavy atom. The van der Waals surface area contributed by atoms with E-state index in [2.05, 4.69) is 9.71 Å². The second kappa shape index (κ2) is 7.57. The maximum atomic E-state index is 13.6. The molecule has 0 fully saturated rings. The molecule has 0 aliphatic rings. The minimum absolute atomic E-state index is 0.148. The number of hydrogen-bond donors (Lipinski definition) is 2. The van der Waals surface area contributed by atoms with E-state index in [-0.39, 0.29) is 6.61 Å². The molecule has 0 saturated carbocycles. The van der Waals surface area contributed by atoms with E-state index >= 15 is 0 Å². The fourth-order valence-electron chi connectivity index (χ4n) is 1.98. The summed E-state index contributed by atoms with van der Waals surface area (Å²) in [5.41, 5.74) is 1.53. The number of pyridine rings is 1. The molecule has 2 atom stereocenters. The first-order valence-corrected chi connectivity index (χ1v) is 8.56. The van der Waals surface area contributed by atoms with E-state index in [1.54, 1.807) is 32.9 Å². The Morgan fingerprint density at radius 3 is 2.42 bits per heavy atom. The Hall–Kier alpha value is -1.54. The van der Waals surface area contributed by atoms with Gasteiger partial charge in [0.1, 0.15) is 10.8 Å². The summed E-state index contributed by atoms with van der Waals surface area (Å²) in [5, 5.41) is 9.11. The number of aromatic nitrogens is 1. The van der Waals surface area contributed by atoms with E-state index in [1.807, 2.05) is 0 Å². The number of hydrogen-bond acceptors (Lipinski definition) is 4. The van der Waals surface area contributed by atoms with Crippen LogP contribution in [0.2, 0.25) is 0 Å². The summed E-state index contributed by atoms with van der Waals surface area (Å²) in [7, 11) is 0. The predicted octanol–water partition coefficient (Wildman–Crippen LogP) is 2.99. The largest absolute Gasteiger partial charge is 0.598 e. The van der Waals surface area contributed by atoms with Crippen LogP contribution in [0.1, 0.15) is 43.6 Å². The average molecular weight is 354 g/mol. The van der Waals surface area contributed by atoms with Crippen LogP contribution in [-0.2, 0) is 18.0 Å². The fraction of sp³-hybridized carbons (Fsp3) is 0.353. The van der Waals surface area contributed by atoms with Crippen LogP contribution in [0.4, 0.5) is 8.78 Å². The zero-order valence-electron chi connectivity index (χ0n) is 13.7. The van der Waals surface area contributed by atoms with Gasteiger partial charge >= 0.3 is 0 Å². The van der Waals surface area contributed by atoms with Gasteiger partial charge in [-0.2, -0.15) is 0 Å². The second-order valence-electron chi connectivity index (χ2n) is 6.35. The van der Waals surface area contributed by atoms with Crippen LogP contribution >= 0.6 is 0 Å². The van der Waals surface area contributed by atoms with E-state index in [0.29, 0.717) is 16.8 Å². The van der Waals surface area contributed by atoms with Gasteiger partial charge in [0.15, 0.2) is 11.6 Å². The molecule has 1 aromatic heterocycles. The number of aliphatic hydroxyl groups excluding tert-OH is 1. The van der Waals surface area contributed by atoms with Gasteiger partial charge in [0, 0.05) is 17.6 Å². The minimum atomic E-state index is -1.44. The monoisotopic (exact) mass is 354 g/mol. The van der Waals surface area contributed by atoms with Gasteiger partial charge in [0.05, 0.1) is 12.3 Å². The molecule has 1 aromatic carbocycles. The van der Waals surface area contributed by atoms with Gasteiger partial charge in [-0.25, -0.2) is 8.78 Å². The zero-order chi connectivity index (χ0) is 17.9. The predicted molar refractivity (Wildman–Crippen MR) is 89.4 cm³/mol. The summed E-state index contributed by atoms with van der Waals surface area (Å²) in [5.74, 6) is -1.93. The molecular weight excluding hydrogens is 334 g/mol. The number of halogens is 2. The van der Waals surface area contributed by atoms with Crippen molar-refractivity contribution in [2.24, 2.45) is 0 Å². The van der Waals surface area contributed by atoms with E-state index in [9.17, 15) is 13.3 Å². The standard InChI is InChI=1S/C17H20F2N2O2S/c1-17(2,3)24(23)21-16(12-5-6-13(18)14(19)8-12)15-7-4-11(10-22)9-20-15/h4-9,16,21-22H,10H2,1-3H3/t16-,24?/m0/s1. The van der Waals surface area contributed by atoms with Crippen molar-refractivity contribution in [2.45, 2.75) is 38.2 Å². The van der Waals surface area contributed by atoms with Gasteiger partial charge in [-0.1, -0.05) is 12.1 Å². The molecule has 0 amide bonds. The molecule has 2 aromatic rings. The Kier molecular flexibility index (Phi) is 5.92. The van der Waals surface area contributed by atoms with E-state index in [1.165, 1.54) is 12.3 Å². The topological polar surface area (TPSA) is 68.2 Å². The lowest BCUT2D eigenvalue weighted by Gasteiger charge is -2.28. The third-order valence-electron chi connectivity index (χ3n) is 3.38. The highest BCUT2D eigenvalue weighted by atomic mass is 32.2. The van der Waals surface area contributed by atoms with Gasteiger partial charge < -0.3 is 9.66 Å². The third kappa shape index (κ3) is 4.51. The smallest absolute Gasteiger partial charge is 0.159 e. The van der Waals surface area contributed by atoms with E-state index in [4.69, 9.17) is 5.11 Å². The maximum Gasteiger partial charge on any atom is 0.159 e. The third-order valence-corrected chi connectivity index (χ3v) is 4.95. The summed E-state index contributed by atoms with van der Waals surface area (Å²) in [6.45, 7) is 5.27. The van der Waals surface area contributed by atoms with Crippen LogP contribution in [0.3, 0.4) is 0 Å². The molecule has 1 unspecified atom stereocenters. The molecule has 0 bridgehead atoms. The molecule has 1 heterocycles. The average Bonchev–Trinajstić information content (AvgIpc) is 2.54. The zero-order valence-corrected chi connectivity index (χ0v) is 14.5. The number of nitrogens with zero attached hydrogens (tertiary/aromatic N) is 1. The second-order valence-corrected chi connectivity index (χ2v) is 8.35. The van der Waals surface area contributed by atoms with Gasteiger partial charge in [-0.15, -0.1) is 4.72 Å². The van der Waals surface area contributed by atoms with Crippen molar-refractivity contribution in [3.63, 3.8) is 0 Å². The molecule has 7 heteroatoms. The first kappa shape index (κ1) is 18.8. The molecule has 0 aliphatic carbocycles. The quantitative estimate of drug-likeness (QED) is 0.810. The van der Waals surface area contributed by atoms with Crippen LogP contribution in [0.25, 0.3) is 0 Å². The van der Waals surface area contributed by atoms with Crippen LogP contribution in [0, 0.1) is 11.6 Å². The first-order chi connectivity index (χ1) is 11.2. The Balaban J connectivity index is 2.41. The van der Waals surface area contributed by atoms with Crippen LogP contribution in [0.5, 0.6) is 0 Å².